The lowest BCUT2D eigenvalue weighted by molar-refractivity contribution is 0.0566. The van der Waals surface area contributed by atoms with E-state index in [9.17, 15) is 4.79 Å². The van der Waals surface area contributed by atoms with Crippen LogP contribution in [0.4, 0.5) is 16.3 Å². The Labute approximate surface area is 196 Å². The molecule has 1 saturated heterocycles. The molecule has 8 heteroatoms. The van der Waals surface area contributed by atoms with Gasteiger partial charge in [-0.15, -0.1) is 0 Å². The molecule has 33 heavy (non-hydrogen) atoms. The SMILES string of the molecule is CC(CN(C(=O)OC(C)(C)C)c1ccccn1)N1CCN(c2cccc3c2OCCO3)CC1. The van der Waals surface area contributed by atoms with E-state index in [0.717, 1.165) is 43.4 Å². The fourth-order valence-electron chi connectivity index (χ4n) is 4.18. The number of hydrogen-bond donors (Lipinski definition) is 0. The van der Waals surface area contributed by atoms with Crippen LogP contribution in [-0.2, 0) is 4.74 Å². The third kappa shape index (κ3) is 5.68. The number of nitrogens with zero attached hydrogens (tertiary/aromatic N) is 4. The Morgan fingerprint density at radius 3 is 2.55 bits per heavy atom. The van der Waals surface area contributed by atoms with Crippen molar-refractivity contribution in [3.63, 3.8) is 0 Å². The Morgan fingerprint density at radius 1 is 1.09 bits per heavy atom. The third-order valence-corrected chi connectivity index (χ3v) is 5.81. The largest absolute Gasteiger partial charge is 0.486 e. The lowest BCUT2D eigenvalue weighted by atomic mass is 10.1. The van der Waals surface area contributed by atoms with Crippen molar-refractivity contribution >= 4 is 17.6 Å². The molecule has 0 saturated carbocycles. The first kappa shape index (κ1) is 23.2. The Morgan fingerprint density at radius 2 is 1.85 bits per heavy atom. The zero-order valence-corrected chi connectivity index (χ0v) is 20.0. The summed E-state index contributed by atoms with van der Waals surface area (Å²) in [5, 5.41) is 0. The lowest BCUT2D eigenvalue weighted by Gasteiger charge is -2.41. The lowest BCUT2D eigenvalue weighted by Crippen LogP contribution is -2.53. The van der Waals surface area contributed by atoms with Crippen molar-refractivity contribution in [3.05, 3.63) is 42.6 Å². The number of fused-ring (bicyclic) bond motifs is 1. The predicted octanol–water partition coefficient (Wildman–Crippen LogP) is 3.81. The van der Waals surface area contributed by atoms with Gasteiger partial charge >= 0.3 is 6.09 Å². The molecule has 0 N–H and O–H groups in total. The number of aromatic nitrogens is 1. The van der Waals surface area contributed by atoms with Gasteiger partial charge in [-0.25, -0.2) is 9.78 Å². The summed E-state index contributed by atoms with van der Waals surface area (Å²) in [5.41, 5.74) is 0.517. The Kier molecular flexibility index (Phi) is 6.93. The molecule has 0 spiro atoms. The van der Waals surface area contributed by atoms with E-state index < -0.39 is 5.60 Å². The minimum absolute atomic E-state index is 0.144. The van der Waals surface area contributed by atoms with E-state index in [0.29, 0.717) is 25.6 Å². The molecule has 0 bridgehead atoms. The monoisotopic (exact) mass is 454 g/mol. The second kappa shape index (κ2) is 9.87. The van der Waals surface area contributed by atoms with Crippen LogP contribution < -0.4 is 19.3 Å². The average molecular weight is 455 g/mol. The highest BCUT2D eigenvalue weighted by Crippen LogP contribution is 2.39. The number of carbonyl (C=O) groups excluding carboxylic acids is 1. The summed E-state index contributed by atoms with van der Waals surface area (Å²) in [6.07, 6.45) is 1.32. The van der Waals surface area contributed by atoms with E-state index in [1.165, 1.54) is 0 Å². The topological polar surface area (TPSA) is 67.4 Å². The van der Waals surface area contributed by atoms with Crippen molar-refractivity contribution in [2.24, 2.45) is 0 Å². The van der Waals surface area contributed by atoms with Gasteiger partial charge in [-0.05, 0) is 52.0 Å². The summed E-state index contributed by atoms with van der Waals surface area (Å²) < 4.78 is 17.3. The number of piperazine rings is 1. The van der Waals surface area contributed by atoms with Crippen molar-refractivity contribution in [1.82, 2.24) is 9.88 Å². The van der Waals surface area contributed by atoms with Crippen LogP contribution in [0.1, 0.15) is 27.7 Å². The summed E-state index contributed by atoms with van der Waals surface area (Å²) in [6, 6.07) is 11.8. The number of rotatable bonds is 5. The first-order valence-electron chi connectivity index (χ1n) is 11.6. The van der Waals surface area contributed by atoms with E-state index in [1.807, 2.05) is 51.1 Å². The zero-order chi connectivity index (χ0) is 23.4. The van der Waals surface area contributed by atoms with Crippen molar-refractivity contribution in [2.45, 2.75) is 39.3 Å². The molecule has 3 heterocycles. The van der Waals surface area contributed by atoms with Gasteiger partial charge in [-0.3, -0.25) is 9.80 Å². The minimum Gasteiger partial charge on any atom is -0.486 e. The first-order chi connectivity index (χ1) is 15.8. The van der Waals surface area contributed by atoms with Crippen LogP contribution in [0.2, 0.25) is 0 Å². The van der Waals surface area contributed by atoms with Gasteiger partial charge in [0.05, 0.1) is 5.69 Å². The molecule has 1 amide bonds. The Bertz CT molecular complexity index is 939. The second-order valence-corrected chi connectivity index (χ2v) is 9.45. The zero-order valence-electron chi connectivity index (χ0n) is 20.0. The standard InChI is InChI=1S/C25H34N4O4/c1-19(18-29(22-10-5-6-11-26-22)24(30)33-25(2,3)4)27-12-14-28(15-13-27)20-8-7-9-21-23(20)32-17-16-31-21/h5-11,19H,12-18H2,1-4H3. The normalized spacial score (nSPS) is 17.4. The molecule has 8 nitrogen and oxygen atoms in total. The number of pyridine rings is 1. The Hall–Kier alpha value is -3.00. The van der Waals surface area contributed by atoms with Crippen LogP contribution in [0.25, 0.3) is 0 Å². The highest BCUT2D eigenvalue weighted by atomic mass is 16.6. The summed E-state index contributed by atoms with van der Waals surface area (Å²) in [4.78, 5) is 23.8. The molecule has 2 aliphatic heterocycles. The fraction of sp³-hybridized carbons (Fsp3) is 0.520. The minimum atomic E-state index is -0.570. The number of anilines is 2. The van der Waals surface area contributed by atoms with Crippen LogP contribution in [-0.4, -0.2) is 73.6 Å². The van der Waals surface area contributed by atoms with E-state index in [4.69, 9.17) is 14.2 Å². The predicted molar refractivity (Wildman–Crippen MR) is 128 cm³/mol. The molecular weight excluding hydrogens is 420 g/mol. The van der Waals surface area contributed by atoms with Crippen molar-refractivity contribution < 1.29 is 19.0 Å². The summed E-state index contributed by atoms with van der Waals surface area (Å²) in [6.45, 7) is 13.0. The highest BCUT2D eigenvalue weighted by Gasteiger charge is 2.30. The van der Waals surface area contributed by atoms with Crippen LogP contribution in [0.5, 0.6) is 11.5 Å². The summed E-state index contributed by atoms with van der Waals surface area (Å²) in [7, 11) is 0. The molecule has 2 aromatic rings. The highest BCUT2D eigenvalue weighted by molar-refractivity contribution is 5.86. The number of amides is 1. The van der Waals surface area contributed by atoms with Gasteiger partial charge in [0.15, 0.2) is 11.5 Å². The van der Waals surface area contributed by atoms with Crippen LogP contribution >= 0.6 is 0 Å². The van der Waals surface area contributed by atoms with Crippen LogP contribution in [0.15, 0.2) is 42.6 Å². The molecule has 0 aliphatic carbocycles. The number of carbonyl (C=O) groups is 1. The number of ether oxygens (including phenoxy) is 3. The molecular formula is C25H34N4O4. The van der Waals surface area contributed by atoms with Gasteiger partial charge in [-0.1, -0.05) is 12.1 Å². The number of hydrogen-bond acceptors (Lipinski definition) is 7. The molecule has 1 atom stereocenters. The first-order valence-corrected chi connectivity index (χ1v) is 11.6. The van der Waals surface area contributed by atoms with E-state index in [2.05, 4.69) is 27.8 Å². The van der Waals surface area contributed by atoms with E-state index in [1.54, 1.807) is 11.1 Å². The van der Waals surface area contributed by atoms with Gasteiger partial charge in [0, 0.05) is 45.0 Å². The number of benzene rings is 1. The van der Waals surface area contributed by atoms with Gasteiger partial charge in [0.2, 0.25) is 0 Å². The molecule has 1 fully saturated rings. The third-order valence-electron chi connectivity index (χ3n) is 5.81. The molecule has 1 aromatic carbocycles. The smallest absolute Gasteiger partial charge is 0.416 e. The van der Waals surface area contributed by atoms with Gasteiger partial charge in [-0.2, -0.15) is 0 Å². The van der Waals surface area contributed by atoms with Gasteiger partial charge in [0.1, 0.15) is 24.6 Å². The number of para-hydroxylation sites is 1. The van der Waals surface area contributed by atoms with E-state index >= 15 is 0 Å². The van der Waals surface area contributed by atoms with Gasteiger partial charge in [0.25, 0.3) is 0 Å². The molecule has 2 aliphatic rings. The maximum Gasteiger partial charge on any atom is 0.416 e. The second-order valence-electron chi connectivity index (χ2n) is 9.45. The van der Waals surface area contributed by atoms with Crippen LogP contribution in [0.3, 0.4) is 0 Å². The van der Waals surface area contributed by atoms with Crippen molar-refractivity contribution in [2.75, 3.05) is 55.7 Å². The molecule has 178 valence electrons. The Balaban J connectivity index is 1.41. The molecule has 1 aromatic heterocycles. The summed E-state index contributed by atoms with van der Waals surface area (Å²) in [5.74, 6) is 2.26. The van der Waals surface area contributed by atoms with Crippen LogP contribution in [0, 0.1) is 0 Å². The maximum absolute atomic E-state index is 13.0. The quantitative estimate of drug-likeness (QED) is 0.681. The van der Waals surface area contributed by atoms with E-state index in [-0.39, 0.29) is 12.1 Å². The molecule has 1 unspecified atom stereocenters. The molecule has 4 rings (SSSR count). The molecule has 0 radical (unpaired) electrons. The fourth-order valence-corrected chi connectivity index (χ4v) is 4.18. The maximum atomic E-state index is 13.0. The van der Waals surface area contributed by atoms with Gasteiger partial charge < -0.3 is 19.1 Å². The van der Waals surface area contributed by atoms with Crippen molar-refractivity contribution in [1.29, 1.82) is 0 Å². The average Bonchev–Trinajstić information content (AvgIpc) is 2.81. The van der Waals surface area contributed by atoms with Crippen molar-refractivity contribution in [3.8, 4) is 11.5 Å². The summed E-state index contributed by atoms with van der Waals surface area (Å²) >= 11 is 0.